The van der Waals surface area contributed by atoms with E-state index in [0.29, 0.717) is 10.6 Å². The van der Waals surface area contributed by atoms with Gasteiger partial charge in [0, 0.05) is 28.2 Å². The fourth-order valence-corrected chi connectivity index (χ4v) is 3.86. The number of hydrogen-bond acceptors (Lipinski definition) is 1. The fraction of sp³-hybridized carbons (Fsp3) is 0.263. The Balaban J connectivity index is 1.88. The van der Waals surface area contributed by atoms with E-state index in [0.717, 1.165) is 41.2 Å². The number of H-pyrrole nitrogens is 1. The topological polar surface area (TPSA) is 19.0 Å². The normalized spacial score (nSPS) is 18.5. The quantitative estimate of drug-likeness (QED) is 0.611. The van der Waals surface area contributed by atoms with Crippen LogP contribution in [0.3, 0.4) is 0 Å². The molecule has 2 nitrogen and oxygen atoms in total. The highest BCUT2D eigenvalue weighted by Crippen LogP contribution is 2.39. The number of rotatable bonds is 1. The van der Waals surface area contributed by atoms with Crippen LogP contribution in [0.2, 0.25) is 5.02 Å². The third kappa shape index (κ3) is 2.81. The van der Waals surface area contributed by atoms with E-state index in [9.17, 15) is 13.2 Å². The lowest BCUT2D eigenvalue weighted by Crippen LogP contribution is -2.32. The van der Waals surface area contributed by atoms with E-state index in [1.807, 2.05) is 25.2 Å². The first kappa shape index (κ1) is 16.5. The summed E-state index contributed by atoms with van der Waals surface area (Å²) in [5.74, 6) is 0. The van der Waals surface area contributed by atoms with Gasteiger partial charge in [-0.3, -0.25) is 4.90 Å². The summed E-state index contributed by atoms with van der Waals surface area (Å²) in [5.41, 5.74) is 3.06. The van der Waals surface area contributed by atoms with Gasteiger partial charge in [-0.15, -0.1) is 0 Å². The minimum absolute atomic E-state index is 0.239. The summed E-state index contributed by atoms with van der Waals surface area (Å²) in [7, 11) is 1.94. The predicted molar refractivity (Wildman–Crippen MR) is 92.9 cm³/mol. The predicted octanol–water partition coefficient (Wildman–Crippen LogP) is 5.42. The Kier molecular flexibility index (Phi) is 3.81. The van der Waals surface area contributed by atoms with Crippen LogP contribution in [0.1, 0.15) is 28.4 Å². The minimum Gasteiger partial charge on any atom is -0.357 e. The van der Waals surface area contributed by atoms with E-state index in [4.69, 9.17) is 11.6 Å². The smallest absolute Gasteiger partial charge is 0.357 e. The molecule has 1 atom stereocenters. The molecule has 0 radical (unpaired) electrons. The van der Waals surface area contributed by atoms with E-state index in [-0.39, 0.29) is 6.04 Å². The van der Waals surface area contributed by atoms with E-state index >= 15 is 0 Å². The van der Waals surface area contributed by atoms with Gasteiger partial charge >= 0.3 is 6.18 Å². The molecule has 6 heteroatoms. The summed E-state index contributed by atoms with van der Waals surface area (Å²) < 4.78 is 39.3. The fourth-order valence-electron chi connectivity index (χ4n) is 3.69. The van der Waals surface area contributed by atoms with Crippen molar-refractivity contribution in [3.05, 3.63) is 69.9 Å². The van der Waals surface area contributed by atoms with Crippen molar-refractivity contribution in [1.29, 1.82) is 0 Å². The Labute approximate surface area is 148 Å². The highest BCUT2D eigenvalue weighted by Gasteiger charge is 2.34. The summed E-state index contributed by atoms with van der Waals surface area (Å²) in [4.78, 5) is 5.48. The second-order valence-corrected chi connectivity index (χ2v) is 6.90. The van der Waals surface area contributed by atoms with Crippen molar-refractivity contribution in [2.75, 3.05) is 13.6 Å². The van der Waals surface area contributed by atoms with Gasteiger partial charge in [-0.05, 0) is 54.9 Å². The van der Waals surface area contributed by atoms with Gasteiger partial charge in [0.1, 0.15) is 0 Å². The third-order valence-electron chi connectivity index (χ3n) is 4.86. The van der Waals surface area contributed by atoms with Crippen LogP contribution >= 0.6 is 11.6 Å². The highest BCUT2D eigenvalue weighted by molar-refractivity contribution is 6.31. The van der Waals surface area contributed by atoms with E-state index in [1.54, 1.807) is 6.07 Å². The number of nitrogens with one attached hydrogen (secondary N) is 1. The molecule has 0 spiro atoms. The summed E-state index contributed by atoms with van der Waals surface area (Å²) >= 11 is 6.12. The van der Waals surface area contributed by atoms with Gasteiger partial charge in [0.2, 0.25) is 0 Å². The first-order chi connectivity index (χ1) is 11.8. The van der Waals surface area contributed by atoms with Crippen molar-refractivity contribution >= 4 is 22.5 Å². The number of aromatic amines is 1. The van der Waals surface area contributed by atoms with Crippen molar-refractivity contribution in [1.82, 2.24) is 9.88 Å². The molecule has 0 amide bonds. The van der Waals surface area contributed by atoms with Crippen molar-refractivity contribution < 1.29 is 13.2 Å². The summed E-state index contributed by atoms with van der Waals surface area (Å²) in [6.45, 7) is 0.771. The van der Waals surface area contributed by atoms with Crippen molar-refractivity contribution in [3.8, 4) is 0 Å². The van der Waals surface area contributed by atoms with Crippen LogP contribution in [-0.4, -0.2) is 23.5 Å². The van der Waals surface area contributed by atoms with Crippen LogP contribution < -0.4 is 0 Å². The molecule has 2 heterocycles. The van der Waals surface area contributed by atoms with Crippen LogP contribution in [-0.2, 0) is 12.6 Å². The van der Waals surface area contributed by atoms with Gasteiger partial charge in [-0.2, -0.15) is 13.2 Å². The van der Waals surface area contributed by atoms with Crippen molar-refractivity contribution in [2.45, 2.75) is 18.6 Å². The van der Waals surface area contributed by atoms with Crippen LogP contribution in [0.5, 0.6) is 0 Å². The third-order valence-corrected chi connectivity index (χ3v) is 5.09. The Morgan fingerprint density at radius 3 is 2.72 bits per heavy atom. The SMILES string of the molecule is CN1CCc2c([nH]c3ccc(Cl)cc23)C1c1cccc(C(F)(F)F)c1. The summed E-state index contributed by atoms with van der Waals surface area (Å²) in [6, 6.07) is 11.0. The maximum Gasteiger partial charge on any atom is 0.416 e. The molecule has 1 aliphatic heterocycles. The summed E-state index contributed by atoms with van der Waals surface area (Å²) in [5, 5.41) is 1.71. The first-order valence-corrected chi connectivity index (χ1v) is 8.40. The van der Waals surface area contributed by atoms with Crippen molar-refractivity contribution in [3.63, 3.8) is 0 Å². The molecule has 0 saturated carbocycles. The molecule has 1 aromatic heterocycles. The van der Waals surface area contributed by atoms with Crippen LogP contribution in [0.4, 0.5) is 13.2 Å². The second-order valence-electron chi connectivity index (χ2n) is 6.46. The van der Waals surface area contributed by atoms with Gasteiger partial charge < -0.3 is 4.98 Å². The number of hydrogen-bond donors (Lipinski definition) is 1. The molecule has 2 aromatic carbocycles. The van der Waals surface area contributed by atoms with Crippen molar-refractivity contribution in [2.24, 2.45) is 0 Å². The molecule has 3 aromatic rings. The van der Waals surface area contributed by atoms with Gasteiger partial charge in [0.15, 0.2) is 0 Å². The van der Waals surface area contributed by atoms with E-state index in [1.165, 1.54) is 12.1 Å². The van der Waals surface area contributed by atoms with E-state index in [2.05, 4.69) is 9.88 Å². The number of benzene rings is 2. The zero-order valence-corrected chi connectivity index (χ0v) is 14.2. The lowest BCUT2D eigenvalue weighted by Gasteiger charge is -2.33. The van der Waals surface area contributed by atoms with Gasteiger partial charge in [-0.1, -0.05) is 23.7 Å². The molecule has 1 unspecified atom stereocenters. The molecule has 130 valence electrons. The van der Waals surface area contributed by atoms with Crippen LogP contribution in [0.25, 0.3) is 10.9 Å². The zero-order chi connectivity index (χ0) is 17.8. The largest absolute Gasteiger partial charge is 0.416 e. The Hall–Kier alpha value is -1.98. The Bertz CT molecular complexity index is 945. The monoisotopic (exact) mass is 364 g/mol. The molecular formula is C19H16ClF3N2. The lowest BCUT2D eigenvalue weighted by molar-refractivity contribution is -0.137. The Morgan fingerprint density at radius 2 is 1.96 bits per heavy atom. The average molecular weight is 365 g/mol. The second kappa shape index (κ2) is 5.78. The molecular weight excluding hydrogens is 349 g/mol. The molecule has 0 bridgehead atoms. The molecule has 25 heavy (non-hydrogen) atoms. The number of aromatic nitrogens is 1. The Morgan fingerprint density at radius 1 is 1.16 bits per heavy atom. The van der Waals surface area contributed by atoms with Crippen LogP contribution in [0.15, 0.2) is 42.5 Å². The molecule has 0 aliphatic carbocycles. The standard InChI is InChI=1S/C19H16ClF3N2/c1-25-8-7-14-15-10-13(20)5-6-16(15)24-17(14)18(25)11-3-2-4-12(9-11)19(21,22)23/h2-6,9-10,18,24H,7-8H2,1H3. The number of alkyl halides is 3. The molecule has 1 aliphatic rings. The van der Waals surface area contributed by atoms with Gasteiger partial charge in [0.25, 0.3) is 0 Å². The minimum atomic E-state index is -4.35. The number of nitrogens with zero attached hydrogens (tertiary/aromatic N) is 1. The average Bonchev–Trinajstić information content (AvgIpc) is 2.91. The van der Waals surface area contributed by atoms with Crippen LogP contribution in [0, 0.1) is 0 Å². The number of halogens is 4. The molecule has 1 N–H and O–H groups in total. The maximum atomic E-state index is 13.1. The van der Waals surface area contributed by atoms with Gasteiger partial charge in [0.05, 0.1) is 11.6 Å². The summed E-state index contributed by atoms with van der Waals surface area (Å²) in [6.07, 6.45) is -3.51. The number of likely N-dealkylation sites (N-methyl/N-ethyl adjacent to an activating group) is 1. The molecule has 0 saturated heterocycles. The highest BCUT2D eigenvalue weighted by atomic mass is 35.5. The zero-order valence-electron chi connectivity index (χ0n) is 13.5. The lowest BCUT2D eigenvalue weighted by atomic mass is 9.92. The van der Waals surface area contributed by atoms with Gasteiger partial charge in [-0.25, -0.2) is 0 Å². The van der Waals surface area contributed by atoms with E-state index < -0.39 is 11.7 Å². The molecule has 4 rings (SSSR count). The first-order valence-electron chi connectivity index (χ1n) is 8.02. The number of fused-ring (bicyclic) bond motifs is 3. The molecule has 0 fully saturated rings. The maximum absolute atomic E-state index is 13.1.